The first kappa shape index (κ1) is 15.2. The van der Waals surface area contributed by atoms with Crippen LogP contribution in [0.2, 0.25) is 0 Å². The van der Waals surface area contributed by atoms with Gasteiger partial charge in [-0.2, -0.15) is 0 Å². The molecule has 21 heavy (non-hydrogen) atoms. The van der Waals surface area contributed by atoms with E-state index in [-0.39, 0.29) is 18.5 Å². The maximum atomic E-state index is 11.7. The van der Waals surface area contributed by atoms with Gasteiger partial charge < -0.3 is 15.4 Å². The Bertz CT molecular complexity index is 499. The van der Waals surface area contributed by atoms with E-state index in [1.807, 2.05) is 18.2 Å². The summed E-state index contributed by atoms with van der Waals surface area (Å²) < 4.78 is 5.17. The highest BCUT2D eigenvalue weighted by Crippen LogP contribution is 2.22. The number of amides is 3. The smallest absolute Gasteiger partial charge is 0.321 e. The van der Waals surface area contributed by atoms with Gasteiger partial charge in [-0.3, -0.25) is 10.1 Å². The molecule has 0 heterocycles. The second kappa shape index (κ2) is 7.52. The predicted molar refractivity (Wildman–Crippen MR) is 80.4 cm³/mol. The van der Waals surface area contributed by atoms with E-state index >= 15 is 0 Å². The normalized spacial score (nSPS) is 14.5. The van der Waals surface area contributed by atoms with Gasteiger partial charge in [0.1, 0.15) is 5.75 Å². The molecule has 0 atom stereocenters. The maximum Gasteiger partial charge on any atom is 0.321 e. The van der Waals surface area contributed by atoms with Gasteiger partial charge in [-0.05, 0) is 25.0 Å². The highest BCUT2D eigenvalue weighted by molar-refractivity contribution is 5.96. The molecule has 0 unspecified atom stereocenters. The van der Waals surface area contributed by atoms with Crippen molar-refractivity contribution in [3.8, 4) is 5.75 Å². The third-order valence-corrected chi connectivity index (χ3v) is 3.49. The standard InChI is InChI=1S/C15H21N3O3/c1-21-13-9-5-4-8-12(13)16-10-14(19)18-15(20)17-11-6-2-3-7-11/h4-5,8-9,11,16H,2-3,6-7,10H2,1H3,(H2,17,18,19,20). The summed E-state index contributed by atoms with van der Waals surface area (Å²) in [4.78, 5) is 23.4. The van der Waals surface area contributed by atoms with Gasteiger partial charge in [-0.15, -0.1) is 0 Å². The van der Waals surface area contributed by atoms with Crippen molar-refractivity contribution in [2.75, 3.05) is 19.0 Å². The molecule has 6 nitrogen and oxygen atoms in total. The van der Waals surface area contributed by atoms with Crippen LogP contribution in [-0.2, 0) is 4.79 Å². The minimum Gasteiger partial charge on any atom is -0.495 e. The van der Waals surface area contributed by atoms with Gasteiger partial charge in [0.25, 0.3) is 0 Å². The van der Waals surface area contributed by atoms with E-state index in [1.54, 1.807) is 13.2 Å². The van der Waals surface area contributed by atoms with E-state index in [0.29, 0.717) is 11.4 Å². The summed E-state index contributed by atoms with van der Waals surface area (Å²) in [5.41, 5.74) is 0.714. The average molecular weight is 291 g/mol. The predicted octanol–water partition coefficient (Wildman–Crippen LogP) is 1.88. The van der Waals surface area contributed by atoms with Crippen LogP contribution in [0, 0.1) is 0 Å². The third-order valence-electron chi connectivity index (χ3n) is 3.49. The zero-order valence-electron chi connectivity index (χ0n) is 12.1. The molecule has 1 aromatic rings. The molecule has 1 aromatic carbocycles. The van der Waals surface area contributed by atoms with Crippen molar-refractivity contribution in [2.45, 2.75) is 31.7 Å². The van der Waals surface area contributed by atoms with Crippen molar-refractivity contribution in [3.05, 3.63) is 24.3 Å². The van der Waals surface area contributed by atoms with Crippen molar-refractivity contribution in [2.24, 2.45) is 0 Å². The quantitative estimate of drug-likeness (QED) is 0.774. The Morgan fingerprint density at radius 3 is 2.67 bits per heavy atom. The van der Waals surface area contributed by atoms with E-state index in [1.165, 1.54) is 0 Å². The summed E-state index contributed by atoms with van der Waals surface area (Å²) in [6.07, 6.45) is 4.24. The van der Waals surface area contributed by atoms with Crippen LogP contribution in [0.5, 0.6) is 5.75 Å². The van der Waals surface area contributed by atoms with Gasteiger partial charge in [0.05, 0.1) is 19.3 Å². The highest BCUT2D eigenvalue weighted by atomic mass is 16.5. The molecular formula is C15H21N3O3. The van der Waals surface area contributed by atoms with Crippen molar-refractivity contribution in [3.63, 3.8) is 0 Å². The van der Waals surface area contributed by atoms with Crippen molar-refractivity contribution in [1.82, 2.24) is 10.6 Å². The second-order valence-corrected chi connectivity index (χ2v) is 5.06. The van der Waals surface area contributed by atoms with Gasteiger partial charge in [0, 0.05) is 6.04 Å². The van der Waals surface area contributed by atoms with E-state index < -0.39 is 6.03 Å². The molecule has 0 aromatic heterocycles. The number of hydrogen-bond donors (Lipinski definition) is 3. The molecule has 1 aliphatic carbocycles. The SMILES string of the molecule is COc1ccccc1NCC(=O)NC(=O)NC1CCCC1. The summed E-state index contributed by atoms with van der Waals surface area (Å²) >= 11 is 0. The molecule has 2 rings (SSSR count). The number of carbonyl (C=O) groups is 2. The Balaban J connectivity index is 1.75. The molecule has 0 spiro atoms. The van der Waals surface area contributed by atoms with E-state index in [0.717, 1.165) is 25.7 Å². The van der Waals surface area contributed by atoms with Crippen LogP contribution in [0.25, 0.3) is 0 Å². The largest absolute Gasteiger partial charge is 0.495 e. The van der Waals surface area contributed by atoms with Crippen molar-refractivity contribution >= 4 is 17.6 Å². The number of imide groups is 1. The molecule has 6 heteroatoms. The number of carbonyl (C=O) groups excluding carboxylic acids is 2. The topological polar surface area (TPSA) is 79.5 Å². The number of ether oxygens (including phenoxy) is 1. The number of para-hydroxylation sites is 2. The fourth-order valence-corrected chi connectivity index (χ4v) is 2.43. The first-order valence-electron chi connectivity index (χ1n) is 7.16. The minimum absolute atomic E-state index is 0.0124. The fraction of sp³-hybridized carbons (Fsp3) is 0.467. The summed E-state index contributed by atoms with van der Waals surface area (Å²) in [5.74, 6) is 0.275. The number of methoxy groups -OCH3 is 1. The Morgan fingerprint density at radius 2 is 1.95 bits per heavy atom. The van der Waals surface area contributed by atoms with Crippen LogP contribution < -0.4 is 20.7 Å². The van der Waals surface area contributed by atoms with Crippen LogP contribution in [0.1, 0.15) is 25.7 Å². The molecule has 114 valence electrons. The summed E-state index contributed by atoms with van der Waals surface area (Å²) in [5, 5.41) is 8.08. The highest BCUT2D eigenvalue weighted by Gasteiger charge is 2.18. The zero-order valence-corrected chi connectivity index (χ0v) is 12.1. The number of benzene rings is 1. The summed E-state index contributed by atoms with van der Waals surface area (Å²) in [6.45, 7) is 0.0124. The van der Waals surface area contributed by atoms with Crippen molar-refractivity contribution < 1.29 is 14.3 Å². The molecule has 1 fully saturated rings. The lowest BCUT2D eigenvalue weighted by Gasteiger charge is -2.13. The van der Waals surface area contributed by atoms with Crippen molar-refractivity contribution in [1.29, 1.82) is 0 Å². The molecule has 0 saturated heterocycles. The van der Waals surface area contributed by atoms with E-state index in [2.05, 4.69) is 16.0 Å². The van der Waals surface area contributed by atoms with Gasteiger partial charge in [0.15, 0.2) is 0 Å². The van der Waals surface area contributed by atoms with Crippen LogP contribution in [0.3, 0.4) is 0 Å². The van der Waals surface area contributed by atoms with Gasteiger partial charge in [-0.25, -0.2) is 4.79 Å². The Labute approximate surface area is 124 Å². The molecule has 1 saturated carbocycles. The number of anilines is 1. The number of nitrogens with one attached hydrogen (secondary N) is 3. The molecule has 0 aliphatic heterocycles. The van der Waals surface area contributed by atoms with Crippen LogP contribution in [0.15, 0.2) is 24.3 Å². The molecule has 3 N–H and O–H groups in total. The molecule has 3 amide bonds. The van der Waals surface area contributed by atoms with E-state index in [9.17, 15) is 9.59 Å². The Hall–Kier alpha value is -2.24. The lowest BCUT2D eigenvalue weighted by atomic mass is 10.2. The zero-order chi connectivity index (χ0) is 15.1. The number of hydrogen-bond acceptors (Lipinski definition) is 4. The minimum atomic E-state index is -0.422. The third kappa shape index (κ3) is 4.66. The van der Waals surface area contributed by atoms with Gasteiger partial charge in [-0.1, -0.05) is 25.0 Å². The number of urea groups is 1. The first-order chi connectivity index (χ1) is 10.2. The Kier molecular flexibility index (Phi) is 5.43. The fourth-order valence-electron chi connectivity index (χ4n) is 2.43. The van der Waals surface area contributed by atoms with E-state index in [4.69, 9.17) is 4.74 Å². The van der Waals surface area contributed by atoms with Gasteiger partial charge in [0.2, 0.25) is 5.91 Å². The van der Waals surface area contributed by atoms with Gasteiger partial charge >= 0.3 is 6.03 Å². The monoisotopic (exact) mass is 291 g/mol. The second-order valence-electron chi connectivity index (χ2n) is 5.06. The number of rotatable bonds is 5. The lowest BCUT2D eigenvalue weighted by Crippen LogP contribution is -2.45. The first-order valence-corrected chi connectivity index (χ1v) is 7.16. The molecule has 1 aliphatic rings. The maximum absolute atomic E-state index is 11.7. The lowest BCUT2D eigenvalue weighted by molar-refractivity contribution is -0.118. The molecule has 0 bridgehead atoms. The summed E-state index contributed by atoms with van der Waals surface area (Å²) in [7, 11) is 1.57. The van der Waals surface area contributed by atoms with Crippen LogP contribution in [0.4, 0.5) is 10.5 Å². The molecular weight excluding hydrogens is 270 g/mol. The molecule has 0 radical (unpaired) electrons. The van der Waals surface area contributed by atoms with Crippen LogP contribution in [-0.4, -0.2) is 31.6 Å². The van der Waals surface area contributed by atoms with Crippen LogP contribution >= 0.6 is 0 Å². The Morgan fingerprint density at radius 1 is 1.24 bits per heavy atom. The summed E-state index contributed by atoms with van der Waals surface area (Å²) in [6, 6.07) is 7.07. The average Bonchev–Trinajstić information content (AvgIpc) is 2.98.